The van der Waals surface area contributed by atoms with Gasteiger partial charge in [0.05, 0.1) is 30.3 Å². The number of ether oxygens (including phenoxy) is 2. The van der Waals surface area contributed by atoms with Gasteiger partial charge in [-0.25, -0.2) is 0 Å². The first kappa shape index (κ1) is 27.5. The highest BCUT2D eigenvalue weighted by Crippen LogP contribution is 2.34. The van der Waals surface area contributed by atoms with Gasteiger partial charge < -0.3 is 14.0 Å². The molecule has 0 unspecified atom stereocenters. The van der Waals surface area contributed by atoms with E-state index in [0.717, 1.165) is 29.9 Å². The van der Waals surface area contributed by atoms with Crippen molar-refractivity contribution in [1.82, 2.24) is 9.47 Å². The van der Waals surface area contributed by atoms with E-state index in [1.807, 2.05) is 36.4 Å². The van der Waals surface area contributed by atoms with Gasteiger partial charge in [0.1, 0.15) is 17.6 Å². The fourth-order valence-electron chi connectivity index (χ4n) is 4.30. The SMILES string of the molecule is CC(=O)CN1CC(Oc2ccc(C(F)(F)F)cc2C(=O)/N=c2\sc(C(C)(C)C)cn2C[C@H]2CCCO2)C1. The van der Waals surface area contributed by atoms with Crippen LogP contribution in [0.1, 0.15) is 61.3 Å². The van der Waals surface area contributed by atoms with E-state index in [1.54, 1.807) is 0 Å². The summed E-state index contributed by atoms with van der Waals surface area (Å²) < 4.78 is 54.0. The molecule has 1 atom stereocenters. The molecule has 0 aliphatic carbocycles. The van der Waals surface area contributed by atoms with Crippen molar-refractivity contribution in [2.45, 2.75) is 70.9 Å². The van der Waals surface area contributed by atoms with Crippen LogP contribution in [-0.4, -0.2) is 59.6 Å². The van der Waals surface area contributed by atoms with Crippen molar-refractivity contribution in [3.8, 4) is 5.75 Å². The number of carbonyl (C=O) groups excluding carboxylic acids is 2. The van der Waals surface area contributed by atoms with Gasteiger partial charge in [0.15, 0.2) is 4.80 Å². The summed E-state index contributed by atoms with van der Waals surface area (Å²) in [6.45, 7) is 10.0. The van der Waals surface area contributed by atoms with Crippen LogP contribution in [0.3, 0.4) is 0 Å². The number of rotatable bonds is 7. The Kier molecular flexibility index (Phi) is 7.96. The summed E-state index contributed by atoms with van der Waals surface area (Å²) in [5.41, 5.74) is -1.38. The van der Waals surface area contributed by atoms with E-state index in [-0.39, 0.29) is 41.3 Å². The molecule has 202 valence electrons. The van der Waals surface area contributed by atoms with Gasteiger partial charge in [-0.1, -0.05) is 20.8 Å². The summed E-state index contributed by atoms with van der Waals surface area (Å²) in [5.74, 6) is -0.735. The van der Waals surface area contributed by atoms with Crippen LogP contribution in [0.2, 0.25) is 0 Å². The van der Waals surface area contributed by atoms with Crippen molar-refractivity contribution in [2.24, 2.45) is 4.99 Å². The number of ketones is 1. The Bertz CT molecular complexity index is 1220. The second-order valence-electron chi connectivity index (χ2n) is 10.7. The lowest BCUT2D eigenvalue weighted by molar-refractivity contribution is -0.137. The minimum absolute atomic E-state index is 0.000451. The first-order valence-corrected chi connectivity index (χ1v) is 13.1. The van der Waals surface area contributed by atoms with Gasteiger partial charge in [0, 0.05) is 30.8 Å². The van der Waals surface area contributed by atoms with E-state index in [4.69, 9.17) is 9.47 Å². The van der Waals surface area contributed by atoms with Gasteiger partial charge in [0.25, 0.3) is 5.91 Å². The van der Waals surface area contributed by atoms with Gasteiger partial charge in [-0.2, -0.15) is 18.2 Å². The van der Waals surface area contributed by atoms with Crippen molar-refractivity contribution in [3.63, 3.8) is 0 Å². The molecule has 11 heteroatoms. The van der Waals surface area contributed by atoms with Crippen LogP contribution in [0.5, 0.6) is 5.75 Å². The topological polar surface area (TPSA) is 73.1 Å². The van der Waals surface area contributed by atoms with Gasteiger partial charge >= 0.3 is 6.18 Å². The Morgan fingerprint density at radius 1 is 1.22 bits per heavy atom. The molecule has 3 heterocycles. The van der Waals surface area contributed by atoms with Gasteiger partial charge in [-0.3, -0.25) is 14.5 Å². The number of alkyl halides is 3. The molecule has 2 saturated heterocycles. The van der Waals surface area contributed by atoms with Crippen molar-refractivity contribution in [3.05, 3.63) is 45.2 Å². The maximum absolute atomic E-state index is 13.5. The van der Waals surface area contributed by atoms with Gasteiger partial charge in [-0.05, 0) is 43.4 Å². The average Bonchev–Trinajstić information content (AvgIpc) is 3.41. The van der Waals surface area contributed by atoms with E-state index in [1.165, 1.54) is 24.3 Å². The Balaban J connectivity index is 1.66. The summed E-state index contributed by atoms with van der Waals surface area (Å²) in [6, 6.07) is 2.88. The maximum Gasteiger partial charge on any atom is 0.416 e. The van der Waals surface area contributed by atoms with E-state index < -0.39 is 17.6 Å². The number of carbonyl (C=O) groups is 2. The molecule has 0 saturated carbocycles. The highest BCUT2D eigenvalue weighted by Gasteiger charge is 2.34. The molecule has 4 rings (SSSR count). The Morgan fingerprint density at radius 3 is 2.54 bits per heavy atom. The maximum atomic E-state index is 13.5. The number of amides is 1. The third-order valence-electron chi connectivity index (χ3n) is 6.28. The Hall–Kier alpha value is -2.50. The molecule has 2 aliphatic rings. The molecule has 1 aromatic heterocycles. The molecule has 2 aromatic rings. The highest BCUT2D eigenvalue weighted by atomic mass is 32.1. The van der Waals surface area contributed by atoms with Crippen LogP contribution in [0.4, 0.5) is 13.2 Å². The molecule has 1 amide bonds. The molecule has 37 heavy (non-hydrogen) atoms. The van der Waals surface area contributed by atoms with E-state index in [9.17, 15) is 22.8 Å². The summed E-state index contributed by atoms with van der Waals surface area (Å²) in [4.78, 5) is 32.2. The Labute approximate surface area is 217 Å². The van der Waals surface area contributed by atoms with Crippen molar-refractivity contribution >= 4 is 23.0 Å². The third-order valence-corrected chi connectivity index (χ3v) is 7.73. The number of hydrogen-bond acceptors (Lipinski definition) is 6. The second-order valence-corrected chi connectivity index (χ2v) is 11.7. The number of likely N-dealkylation sites (tertiary alicyclic amines) is 1. The molecule has 2 aliphatic heterocycles. The number of hydrogen-bond donors (Lipinski definition) is 0. The second kappa shape index (κ2) is 10.7. The number of Topliss-reactive ketones (excluding diaryl/α,β-unsaturated/α-hetero) is 1. The molecule has 7 nitrogen and oxygen atoms in total. The lowest BCUT2D eigenvalue weighted by Crippen LogP contribution is -2.55. The number of nitrogens with zero attached hydrogens (tertiary/aromatic N) is 3. The summed E-state index contributed by atoms with van der Waals surface area (Å²) in [7, 11) is 0. The lowest BCUT2D eigenvalue weighted by atomic mass is 9.95. The summed E-state index contributed by atoms with van der Waals surface area (Å²) >= 11 is 1.34. The first-order valence-electron chi connectivity index (χ1n) is 12.3. The summed E-state index contributed by atoms with van der Waals surface area (Å²) in [5, 5.41) is 0. The highest BCUT2D eigenvalue weighted by molar-refractivity contribution is 7.09. The van der Waals surface area contributed by atoms with Gasteiger partial charge in [0.2, 0.25) is 0 Å². The van der Waals surface area contributed by atoms with Crippen LogP contribution in [0, 0.1) is 0 Å². The van der Waals surface area contributed by atoms with Crippen LogP contribution in [0.15, 0.2) is 29.4 Å². The molecule has 0 bridgehead atoms. The fourth-order valence-corrected chi connectivity index (χ4v) is 5.35. The molecule has 0 N–H and O–H groups in total. The predicted octanol–water partition coefficient (Wildman–Crippen LogP) is 4.44. The van der Waals surface area contributed by atoms with E-state index in [2.05, 4.69) is 4.99 Å². The molecule has 1 aromatic carbocycles. The average molecular weight is 540 g/mol. The number of halogens is 3. The number of thiazole rings is 1. The monoisotopic (exact) mass is 539 g/mol. The van der Waals surface area contributed by atoms with Crippen molar-refractivity contribution in [2.75, 3.05) is 26.2 Å². The zero-order chi connectivity index (χ0) is 27.0. The molecule has 0 spiro atoms. The smallest absolute Gasteiger partial charge is 0.416 e. The van der Waals surface area contributed by atoms with Crippen molar-refractivity contribution < 1.29 is 32.2 Å². The first-order chi connectivity index (χ1) is 17.3. The predicted molar refractivity (Wildman–Crippen MR) is 133 cm³/mol. The molecular weight excluding hydrogens is 507 g/mol. The van der Waals surface area contributed by atoms with E-state index >= 15 is 0 Å². The van der Waals surface area contributed by atoms with E-state index in [0.29, 0.717) is 31.0 Å². The minimum atomic E-state index is -4.62. The lowest BCUT2D eigenvalue weighted by Gasteiger charge is -2.38. The molecular formula is C26H32F3N3O4S. The fraction of sp³-hybridized carbons (Fsp3) is 0.577. The Morgan fingerprint density at radius 2 is 1.95 bits per heavy atom. The van der Waals surface area contributed by atoms with Gasteiger partial charge in [-0.15, -0.1) is 11.3 Å². The minimum Gasteiger partial charge on any atom is -0.487 e. The molecule has 0 radical (unpaired) electrons. The standard InChI is InChI=1S/C26H32F3N3O4S/c1-16(33)11-31-12-19(13-31)36-21-8-7-17(26(27,28)29)10-20(21)23(34)30-24-32(14-18-6-5-9-35-18)15-22(37-24)25(2,3)4/h7-8,10,15,18-19H,5-6,9,11-14H2,1-4H3/b30-24-/t18-/m1/s1. The summed E-state index contributed by atoms with van der Waals surface area (Å²) in [6.07, 6.45) is -1.15. The third kappa shape index (κ3) is 6.88. The van der Waals surface area contributed by atoms with Crippen LogP contribution in [-0.2, 0) is 27.7 Å². The normalized spacial score (nSPS) is 19.8. The van der Waals surface area contributed by atoms with Crippen LogP contribution < -0.4 is 9.54 Å². The largest absolute Gasteiger partial charge is 0.487 e. The number of aromatic nitrogens is 1. The number of benzene rings is 1. The molecule has 2 fully saturated rings. The zero-order valence-corrected chi connectivity index (χ0v) is 22.2. The van der Waals surface area contributed by atoms with Crippen LogP contribution >= 0.6 is 11.3 Å². The quantitative estimate of drug-likeness (QED) is 0.520. The van der Waals surface area contributed by atoms with Crippen molar-refractivity contribution in [1.29, 1.82) is 0 Å². The van der Waals surface area contributed by atoms with Crippen LogP contribution in [0.25, 0.3) is 0 Å². The zero-order valence-electron chi connectivity index (χ0n) is 21.4.